The third-order valence-electron chi connectivity index (χ3n) is 3.54. The fraction of sp³-hybridized carbons (Fsp3) is 0.167. The summed E-state index contributed by atoms with van der Waals surface area (Å²) < 4.78 is 5.74. The maximum Gasteiger partial charge on any atom is 0.307 e. The topological polar surface area (TPSA) is 62.3 Å². The number of halogens is 1. The summed E-state index contributed by atoms with van der Waals surface area (Å²) in [5, 5.41) is 10.3. The monoisotopic (exact) mass is 361 g/mol. The molecule has 3 aromatic rings. The first kappa shape index (κ1) is 16.6. The van der Waals surface area contributed by atoms with Gasteiger partial charge in [0.15, 0.2) is 0 Å². The first-order chi connectivity index (χ1) is 11.6. The first-order valence-electron chi connectivity index (χ1n) is 7.47. The third kappa shape index (κ3) is 4.40. The molecule has 0 unspecified atom stereocenters. The fourth-order valence-electron chi connectivity index (χ4n) is 2.34. The zero-order chi connectivity index (χ0) is 16.9. The second kappa shape index (κ2) is 7.55. The van der Waals surface area contributed by atoms with Crippen LogP contribution in [0.25, 0.3) is 0 Å². The molecule has 0 saturated heterocycles. The Bertz CT molecular complexity index is 870. The first-order valence-corrected chi connectivity index (χ1v) is 8.67. The van der Waals surface area contributed by atoms with Gasteiger partial charge in [-0.05, 0) is 35.4 Å². The van der Waals surface area contributed by atoms with Gasteiger partial charge in [0.25, 0.3) is 0 Å². The van der Waals surface area contributed by atoms with Gasteiger partial charge in [-0.3, -0.25) is 9.78 Å². The van der Waals surface area contributed by atoms with Crippen LogP contribution in [0.2, 0.25) is 5.02 Å². The van der Waals surface area contributed by atoms with Crippen LogP contribution in [0, 0.1) is 0 Å². The molecule has 0 radical (unpaired) electrons. The normalized spacial score (nSPS) is 10.7. The predicted molar refractivity (Wildman–Crippen MR) is 96.5 cm³/mol. The van der Waals surface area contributed by atoms with Crippen LogP contribution >= 0.6 is 22.9 Å². The van der Waals surface area contributed by atoms with Crippen molar-refractivity contribution in [3.05, 3.63) is 79.2 Å². The number of hydrogen-bond acceptors (Lipinski definition) is 4. The molecule has 0 fully saturated rings. The molecular weight excluding hydrogens is 346 g/mol. The number of aromatic nitrogens is 1. The number of ether oxygens (including phenoxy) is 1. The summed E-state index contributed by atoms with van der Waals surface area (Å²) >= 11 is 6.98. The Labute approximate surface area is 148 Å². The molecule has 24 heavy (non-hydrogen) atoms. The van der Waals surface area contributed by atoms with Crippen LogP contribution in [0.1, 0.15) is 16.0 Å². The van der Waals surface area contributed by atoms with Gasteiger partial charge >= 0.3 is 4.87 Å². The largest absolute Gasteiger partial charge is 0.494 e. The smallest absolute Gasteiger partial charge is 0.307 e. The van der Waals surface area contributed by atoms with Gasteiger partial charge < -0.3 is 9.84 Å². The summed E-state index contributed by atoms with van der Waals surface area (Å²) in [7, 11) is 0. The molecule has 0 aliphatic heterocycles. The van der Waals surface area contributed by atoms with Crippen molar-refractivity contribution in [2.24, 2.45) is 0 Å². The van der Waals surface area contributed by atoms with Crippen molar-refractivity contribution in [2.75, 3.05) is 6.61 Å². The molecule has 0 spiro atoms. The molecule has 4 nitrogen and oxygen atoms in total. The number of hydrogen-bond donors (Lipinski definition) is 2. The Kier molecular flexibility index (Phi) is 5.23. The van der Waals surface area contributed by atoms with Crippen LogP contribution in [0.5, 0.6) is 11.6 Å². The quantitative estimate of drug-likeness (QED) is 0.697. The average molecular weight is 362 g/mol. The lowest BCUT2D eigenvalue weighted by molar-refractivity contribution is 0.322. The molecule has 0 bridgehead atoms. The van der Waals surface area contributed by atoms with Crippen LogP contribution < -0.4 is 9.61 Å². The average Bonchev–Trinajstić information content (AvgIpc) is 2.87. The van der Waals surface area contributed by atoms with Crippen molar-refractivity contribution in [1.82, 2.24) is 4.98 Å². The maximum atomic E-state index is 11.2. The number of aromatic amines is 1. The van der Waals surface area contributed by atoms with E-state index in [1.807, 2.05) is 48.5 Å². The minimum absolute atomic E-state index is 0.0492. The number of nitrogens with one attached hydrogen (secondary N) is 1. The van der Waals surface area contributed by atoms with E-state index in [1.54, 1.807) is 0 Å². The van der Waals surface area contributed by atoms with Gasteiger partial charge in [0.1, 0.15) is 5.75 Å². The van der Waals surface area contributed by atoms with Crippen LogP contribution in [0.15, 0.2) is 53.3 Å². The minimum Gasteiger partial charge on any atom is -0.494 e. The van der Waals surface area contributed by atoms with Crippen molar-refractivity contribution < 1.29 is 9.84 Å². The van der Waals surface area contributed by atoms with Crippen LogP contribution in [-0.2, 0) is 12.8 Å². The fourth-order valence-corrected chi connectivity index (χ4v) is 3.31. The second-order valence-corrected chi connectivity index (χ2v) is 6.84. The number of aromatic hydroxyl groups is 1. The zero-order valence-electron chi connectivity index (χ0n) is 12.8. The lowest BCUT2D eigenvalue weighted by Gasteiger charge is -2.07. The van der Waals surface area contributed by atoms with Crippen LogP contribution in [0.4, 0.5) is 0 Å². The number of H-pyrrole nitrogens is 1. The zero-order valence-corrected chi connectivity index (χ0v) is 14.4. The maximum absolute atomic E-state index is 11.2. The lowest BCUT2D eigenvalue weighted by atomic mass is 10.1. The summed E-state index contributed by atoms with van der Waals surface area (Å²) in [6.07, 6.45) is 1.30. The van der Waals surface area contributed by atoms with Crippen molar-refractivity contribution in [3.8, 4) is 11.6 Å². The highest BCUT2D eigenvalue weighted by atomic mass is 35.5. The van der Waals surface area contributed by atoms with E-state index in [1.165, 1.54) is 0 Å². The molecule has 2 N–H and O–H groups in total. The van der Waals surface area contributed by atoms with Crippen molar-refractivity contribution >= 4 is 22.9 Å². The summed E-state index contributed by atoms with van der Waals surface area (Å²) in [6.45, 7) is 0.569. The van der Waals surface area contributed by atoms with Crippen LogP contribution in [-0.4, -0.2) is 16.7 Å². The standard InChI is InChI=1S/C18H16ClNO3S/c19-14-3-1-2-12(10-14)8-9-23-15-6-4-13(5-7-15)11-16-17(21)20-18(22)24-16/h1-7,10,21H,8-9,11H2,(H,20,22). The Hall–Kier alpha value is -2.24. The molecule has 2 aromatic carbocycles. The molecule has 0 atom stereocenters. The molecule has 1 heterocycles. The highest BCUT2D eigenvalue weighted by Gasteiger charge is 2.07. The highest BCUT2D eigenvalue weighted by Crippen LogP contribution is 2.22. The molecule has 1 aromatic heterocycles. The Morgan fingerprint density at radius 2 is 1.92 bits per heavy atom. The van der Waals surface area contributed by atoms with E-state index in [9.17, 15) is 9.90 Å². The summed E-state index contributed by atoms with van der Waals surface area (Å²) in [6, 6.07) is 15.4. The van der Waals surface area contributed by atoms with Gasteiger partial charge in [0.2, 0.25) is 5.88 Å². The molecular formula is C18H16ClNO3S. The van der Waals surface area contributed by atoms with Crippen molar-refractivity contribution in [2.45, 2.75) is 12.8 Å². The Morgan fingerprint density at radius 3 is 2.58 bits per heavy atom. The van der Waals surface area contributed by atoms with Gasteiger partial charge in [-0.25, -0.2) is 0 Å². The van der Waals surface area contributed by atoms with E-state index in [0.29, 0.717) is 17.9 Å². The van der Waals surface area contributed by atoms with Gasteiger partial charge in [0, 0.05) is 17.9 Å². The minimum atomic E-state index is -0.247. The highest BCUT2D eigenvalue weighted by molar-refractivity contribution is 7.09. The van der Waals surface area contributed by atoms with E-state index in [-0.39, 0.29) is 10.8 Å². The van der Waals surface area contributed by atoms with Crippen molar-refractivity contribution in [3.63, 3.8) is 0 Å². The van der Waals surface area contributed by atoms with Gasteiger partial charge in [-0.2, -0.15) is 0 Å². The summed E-state index contributed by atoms with van der Waals surface area (Å²) in [5.74, 6) is 0.735. The third-order valence-corrected chi connectivity index (χ3v) is 4.64. The van der Waals surface area contributed by atoms with E-state index in [4.69, 9.17) is 16.3 Å². The Balaban J connectivity index is 1.54. The number of benzene rings is 2. The molecule has 0 aliphatic carbocycles. The Morgan fingerprint density at radius 1 is 1.12 bits per heavy atom. The van der Waals surface area contributed by atoms with Crippen molar-refractivity contribution in [1.29, 1.82) is 0 Å². The molecule has 0 saturated carbocycles. The van der Waals surface area contributed by atoms with E-state index < -0.39 is 0 Å². The lowest BCUT2D eigenvalue weighted by Crippen LogP contribution is -2.01. The van der Waals surface area contributed by atoms with Crippen LogP contribution in [0.3, 0.4) is 0 Å². The van der Waals surface area contributed by atoms with Gasteiger partial charge in [-0.15, -0.1) is 0 Å². The number of rotatable bonds is 6. The molecule has 0 amide bonds. The summed E-state index contributed by atoms with van der Waals surface area (Å²) in [4.78, 5) is 13.9. The van der Waals surface area contributed by atoms with E-state index >= 15 is 0 Å². The number of thiazole rings is 1. The van der Waals surface area contributed by atoms with Gasteiger partial charge in [-0.1, -0.05) is 47.2 Å². The second-order valence-electron chi connectivity index (χ2n) is 5.34. The predicted octanol–water partition coefficient (Wildman–Crippen LogP) is 4.01. The SMILES string of the molecule is O=c1[nH]c(O)c(Cc2ccc(OCCc3cccc(Cl)c3)cc2)s1. The summed E-state index contributed by atoms with van der Waals surface area (Å²) in [5.41, 5.74) is 2.14. The molecule has 124 valence electrons. The molecule has 3 rings (SSSR count). The van der Waals surface area contributed by atoms with E-state index in [2.05, 4.69) is 4.98 Å². The molecule has 0 aliphatic rings. The molecule has 6 heteroatoms. The van der Waals surface area contributed by atoms with Gasteiger partial charge in [0.05, 0.1) is 11.5 Å². The van der Waals surface area contributed by atoms with E-state index in [0.717, 1.165) is 39.7 Å².